The Balaban J connectivity index is 1.43. The molecule has 3 rings (SSSR count). The molecule has 1 saturated carbocycles. The van der Waals surface area contributed by atoms with E-state index >= 15 is 0 Å². The average Bonchev–Trinajstić information content (AvgIpc) is 2.56. The first-order chi connectivity index (χ1) is 12.8. The second kappa shape index (κ2) is 8.47. The van der Waals surface area contributed by atoms with Gasteiger partial charge in [0.15, 0.2) is 0 Å². The van der Waals surface area contributed by atoms with Gasteiger partial charge in [-0.05, 0) is 60.1 Å². The standard InChI is InChI=1S/C23H27BrO3/c1-23(2,3)14-16-5-4-6-17(11-16)15-26-22(25)18-12-21(13-18)27-20-9-7-19(24)8-10-20/h4-11,18,21H,12-15H2,1-3H3. The van der Waals surface area contributed by atoms with Gasteiger partial charge < -0.3 is 9.47 Å². The molecule has 0 saturated heterocycles. The van der Waals surface area contributed by atoms with Crippen LogP contribution < -0.4 is 4.74 Å². The molecule has 1 aliphatic rings. The van der Waals surface area contributed by atoms with Gasteiger partial charge in [-0.25, -0.2) is 0 Å². The highest BCUT2D eigenvalue weighted by Crippen LogP contribution is 2.33. The molecule has 2 aromatic carbocycles. The Morgan fingerprint density at radius 3 is 2.41 bits per heavy atom. The Kier molecular flexibility index (Phi) is 6.25. The number of benzene rings is 2. The van der Waals surface area contributed by atoms with E-state index in [9.17, 15) is 4.79 Å². The molecule has 0 N–H and O–H groups in total. The maximum Gasteiger partial charge on any atom is 0.309 e. The predicted octanol–water partition coefficient (Wildman–Crippen LogP) is 5.94. The van der Waals surface area contributed by atoms with Crippen molar-refractivity contribution >= 4 is 21.9 Å². The molecule has 0 atom stereocenters. The smallest absolute Gasteiger partial charge is 0.309 e. The quantitative estimate of drug-likeness (QED) is 0.531. The van der Waals surface area contributed by atoms with Gasteiger partial charge in [0.25, 0.3) is 0 Å². The van der Waals surface area contributed by atoms with E-state index in [1.54, 1.807) is 0 Å². The molecule has 144 valence electrons. The van der Waals surface area contributed by atoms with Gasteiger partial charge in [0.1, 0.15) is 18.5 Å². The van der Waals surface area contributed by atoms with E-state index in [-0.39, 0.29) is 23.4 Å². The summed E-state index contributed by atoms with van der Waals surface area (Å²) in [6.07, 6.45) is 2.54. The highest BCUT2D eigenvalue weighted by molar-refractivity contribution is 9.10. The predicted molar refractivity (Wildman–Crippen MR) is 111 cm³/mol. The maximum atomic E-state index is 12.3. The van der Waals surface area contributed by atoms with E-state index < -0.39 is 0 Å². The monoisotopic (exact) mass is 430 g/mol. The summed E-state index contributed by atoms with van der Waals surface area (Å²) >= 11 is 3.41. The molecular formula is C23H27BrO3. The SMILES string of the molecule is CC(C)(C)Cc1cccc(COC(=O)C2CC(Oc3ccc(Br)cc3)C2)c1. The van der Waals surface area contributed by atoms with E-state index in [0.717, 1.165) is 35.0 Å². The lowest BCUT2D eigenvalue weighted by Gasteiger charge is -2.33. The summed E-state index contributed by atoms with van der Waals surface area (Å²) in [6, 6.07) is 16.1. The van der Waals surface area contributed by atoms with Crippen LogP contribution in [0.25, 0.3) is 0 Å². The molecule has 0 aliphatic heterocycles. The third kappa shape index (κ3) is 6.10. The molecular weight excluding hydrogens is 404 g/mol. The molecule has 27 heavy (non-hydrogen) atoms. The van der Waals surface area contributed by atoms with E-state index in [1.165, 1.54) is 5.56 Å². The van der Waals surface area contributed by atoms with E-state index in [0.29, 0.717) is 6.61 Å². The van der Waals surface area contributed by atoms with Crippen molar-refractivity contribution in [3.05, 3.63) is 64.1 Å². The summed E-state index contributed by atoms with van der Waals surface area (Å²) in [7, 11) is 0. The van der Waals surface area contributed by atoms with Gasteiger partial charge in [0.2, 0.25) is 0 Å². The minimum absolute atomic E-state index is 0.0526. The van der Waals surface area contributed by atoms with Crippen molar-refractivity contribution in [1.82, 2.24) is 0 Å². The van der Waals surface area contributed by atoms with Crippen LogP contribution in [0.1, 0.15) is 44.7 Å². The molecule has 0 heterocycles. The molecule has 1 aliphatic carbocycles. The molecule has 4 heteroatoms. The summed E-state index contributed by atoms with van der Waals surface area (Å²) in [5.74, 6) is 0.667. The van der Waals surface area contributed by atoms with Crippen LogP contribution in [0.5, 0.6) is 5.75 Å². The Bertz CT molecular complexity index is 771. The van der Waals surface area contributed by atoms with Crippen LogP contribution in [-0.4, -0.2) is 12.1 Å². The second-order valence-corrected chi connectivity index (χ2v) is 9.44. The Hall–Kier alpha value is -1.81. The number of carbonyl (C=O) groups is 1. The highest BCUT2D eigenvalue weighted by atomic mass is 79.9. The lowest BCUT2D eigenvalue weighted by atomic mass is 9.82. The molecule has 0 unspecified atom stereocenters. The van der Waals surface area contributed by atoms with Gasteiger partial charge >= 0.3 is 5.97 Å². The van der Waals surface area contributed by atoms with Gasteiger partial charge in [-0.1, -0.05) is 61.0 Å². The Morgan fingerprint density at radius 1 is 1.07 bits per heavy atom. The zero-order valence-electron chi connectivity index (χ0n) is 16.2. The number of ether oxygens (including phenoxy) is 2. The largest absolute Gasteiger partial charge is 0.490 e. The molecule has 0 radical (unpaired) electrons. The number of hydrogen-bond acceptors (Lipinski definition) is 3. The van der Waals surface area contributed by atoms with E-state index in [2.05, 4.69) is 48.8 Å². The summed E-state index contributed by atoms with van der Waals surface area (Å²) in [5, 5.41) is 0. The van der Waals surface area contributed by atoms with Gasteiger partial charge in [-0.2, -0.15) is 0 Å². The molecule has 0 aromatic heterocycles. The summed E-state index contributed by atoms with van der Waals surface area (Å²) in [6.45, 7) is 7.01. The number of hydrogen-bond donors (Lipinski definition) is 0. The van der Waals surface area contributed by atoms with Gasteiger partial charge in [0.05, 0.1) is 5.92 Å². The lowest BCUT2D eigenvalue weighted by molar-refractivity contribution is -0.156. The normalized spacial score (nSPS) is 19.3. The molecule has 0 bridgehead atoms. The van der Waals surface area contributed by atoms with Crippen LogP contribution in [-0.2, 0) is 22.6 Å². The van der Waals surface area contributed by atoms with Crippen molar-refractivity contribution in [2.24, 2.45) is 11.3 Å². The Labute approximate surface area is 170 Å². The first-order valence-corrected chi connectivity index (χ1v) is 10.2. The number of esters is 1. The Morgan fingerprint density at radius 2 is 1.74 bits per heavy atom. The van der Waals surface area contributed by atoms with Crippen molar-refractivity contribution in [2.45, 2.75) is 52.7 Å². The van der Waals surface area contributed by atoms with Crippen molar-refractivity contribution in [3.63, 3.8) is 0 Å². The van der Waals surface area contributed by atoms with E-state index in [4.69, 9.17) is 9.47 Å². The van der Waals surface area contributed by atoms with Gasteiger partial charge in [0, 0.05) is 4.47 Å². The van der Waals surface area contributed by atoms with Crippen molar-refractivity contribution in [2.75, 3.05) is 0 Å². The molecule has 0 amide bonds. The van der Waals surface area contributed by atoms with Crippen LogP contribution in [0.2, 0.25) is 0 Å². The zero-order valence-corrected chi connectivity index (χ0v) is 17.8. The summed E-state index contributed by atoms with van der Waals surface area (Å²) < 4.78 is 12.4. The van der Waals surface area contributed by atoms with Gasteiger partial charge in [-0.3, -0.25) is 4.79 Å². The third-order valence-electron chi connectivity index (χ3n) is 4.65. The zero-order chi connectivity index (χ0) is 19.4. The molecule has 0 spiro atoms. The fraction of sp³-hybridized carbons (Fsp3) is 0.435. The van der Waals surface area contributed by atoms with Crippen LogP contribution in [0.4, 0.5) is 0 Å². The minimum atomic E-state index is -0.119. The molecule has 3 nitrogen and oxygen atoms in total. The number of rotatable bonds is 6. The molecule has 2 aromatic rings. The van der Waals surface area contributed by atoms with Crippen molar-refractivity contribution in [1.29, 1.82) is 0 Å². The first-order valence-electron chi connectivity index (χ1n) is 9.45. The van der Waals surface area contributed by atoms with Crippen molar-refractivity contribution in [3.8, 4) is 5.75 Å². The third-order valence-corrected chi connectivity index (χ3v) is 5.18. The fourth-order valence-corrected chi connectivity index (χ4v) is 3.54. The number of halogens is 1. The second-order valence-electron chi connectivity index (χ2n) is 8.53. The average molecular weight is 431 g/mol. The summed E-state index contributed by atoms with van der Waals surface area (Å²) in [5.41, 5.74) is 2.57. The lowest BCUT2D eigenvalue weighted by Crippen LogP contribution is -2.39. The van der Waals surface area contributed by atoms with Crippen LogP contribution in [0, 0.1) is 11.3 Å². The maximum absolute atomic E-state index is 12.3. The highest BCUT2D eigenvalue weighted by Gasteiger charge is 2.37. The minimum Gasteiger partial charge on any atom is -0.490 e. The van der Waals surface area contributed by atoms with Crippen LogP contribution in [0.3, 0.4) is 0 Å². The molecule has 1 fully saturated rings. The van der Waals surface area contributed by atoms with E-state index in [1.807, 2.05) is 36.4 Å². The topological polar surface area (TPSA) is 35.5 Å². The van der Waals surface area contributed by atoms with Crippen LogP contribution >= 0.6 is 15.9 Å². The number of carbonyl (C=O) groups excluding carboxylic acids is 1. The van der Waals surface area contributed by atoms with Crippen molar-refractivity contribution < 1.29 is 14.3 Å². The van der Waals surface area contributed by atoms with Gasteiger partial charge in [-0.15, -0.1) is 0 Å². The fourth-order valence-electron chi connectivity index (χ4n) is 3.27. The van der Waals surface area contributed by atoms with Crippen LogP contribution in [0.15, 0.2) is 53.0 Å². The summed E-state index contributed by atoms with van der Waals surface area (Å²) in [4.78, 5) is 12.3. The first kappa shape index (κ1) is 19.9.